The lowest BCUT2D eigenvalue weighted by Gasteiger charge is -2.50. The number of hydrogen-bond donors (Lipinski definition) is 1. The molecule has 3 saturated heterocycles. The quantitative estimate of drug-likeness (QED) is 0.528. The normalized spacial score (nSPS) is 23.6. The molecule has 1 unspecified atom stereocenters. The molecule has 9 nitrogen and oxygen atoms in total. The van der Waals surface area contributed by atoms with Crippen LogP contribution in [0.3, 0.4) is 0 Å². The van der Waals surface area contributed by atoms with Gasteiger partial charge in [-0.3, -0.25) is 14.4 Å². The summed E-state index contributed by atoms with van der Waals surface area (Å²) in [5.74, 6) is 3.61. The van der Waals surface area contributed by atoms with Crippen LogP contribution in [0.25, 0.3) is 11.3 Å². The highest BCUT2D eigenvalue weighted by Crippen LogP contribution is 2.43. The van der Waals surface area contributed by atoms with Crippen molar-refractivity contribution in [2.75, 3.05) is 40.6 Å². The van der Waals surface area contributed by atoms with Gasteiger partial charge in [-0.25, -0.2) is 0 Å². The number of fused-ring (bicyclic) bond motifs is 4. The Balaban J connectivity index is 1.12. The SMILES string of the molecule is COc1ccc(-c2cc([C@@H]3CN4CC[C@H]3C[C@@H]4CNC(=O)c3ccc4c(c3)OCO4)n(C)n2)cc1OC. The van der Waals surface area contributed by atoms with Crippen LogP contribution in [-0.2, 0) is 7.05 Å². The molecule has 1 N–H and O–H groups in total. The van der Waals surface area contributed by atoms with E-state index in [4.69, 9.17) is 24.0 Å². The molecule has 3 fully saturated rings. The molecule has 5 heterocycles. The minimum Gasteiger partial charge on any atom is -0.493 e. The first kappa shape index (κ1) is 23.7. The van der Waals surface area contributed by atoms with Gasteiger partial charge in [0.15, 0.2) is 23.0 Å². The number of benzene rings is 2. The molecule has 3 aromatic rings. The number of nitrogens with one attached hydrogen (secondary N) is 1. The van der Waals surface area contributed by atoms with Gasteiger partial charge in [0.1, 0.15) is 0 Å². The second-order valence-corrected chi connectivity index (χ2v) is 9.97. The van der Waals surface area contributed by atoms with Crippen LogP contribution in [-0.4, -0.2) is 67.3 Å². The molecule has 0 spiro atoms. The van der Waals surface area contributed by atoms with Crippen LogP contribution < -0.4 is 24.3 Å². The van der Waals surface area contributed by atoms with E-state index >= 15 is 0 Å². The van der Waals surface area contributed by atoms with Gasteiger partial charge in [0.2, 0.25) is 6.79 Å². The molecule has 2 bridgehead atoms. The predicted molar refractivity (Wildman–Crippen MR) is 137 cm³/mol. The minimum atomic E-state index is -0.0799. The number of piperidine rings is 3. The van der Waals surface area contributed by atoms with Crippen LogP contribution >= 0.6 is 0 Å². The van der Waals surface area contributed by atoms with E-state index in [-0.39, 0.29) is 12.7 Å². The molecule has 0 radical (unpaired) electrons. The Morgan fingerprint density at radius 1 is 1.08 bits per heavy atom. The highest BCUT2D eigenvalue weighted by atomic mass is 16.7. The van der Waals surface area contributed by atoms with Gasteiger partial charge in [-0.2, -0.15) is 5.10 Å². The van der Waals surface area contributed by atoms with Gasteiger partial charge in [0, 0.05) is 48.9 Å². The number of aryl methyl sites for hydroxylation is 1. The third-order valence-electron chi connectivity index (χ3n) is 7.99. The van der Waals surface area contributed by atoms with Crippen molar-refractivity contribution in [2.24, 2.45) is 13.0 Å². The van der Waals surface area contributed by atoms with E-state index < -0.39 is 0 Å². The number of methoxy groups -OCH3 is 2. The number of carbonyl (C=O) groups excluding carboxylic acids is 1. The summed E-state index contributed by atoms with van der Waals surface area (Å²) in [6, 6.07) is 13.8. The van der Waals surface area contributed by atoms with Gasteiger partial charge in [0.05, 0.1) is 19.9 Å². The predicted octanol–water partition coefficient (Wildman–Crippen LogP) is 3.44. The maximum Gasteiger partial charge on any atom is 0.251 e. The summed E-state index contributed by atoms with van der Waals surface area (Å²) < 4.78 is 23.6. The summed E-state index contributed by atoms with van der Waals surface area (Å²) in [5.41, 5.74) is 3.78. The zero-order chi connectivity index (χ0) is 25.5. The zero-order valence-electron chi connectivity index (χ0n) is 21.4. The first-order chi connectivity index (χ1) is 18.0. The van der Waals surface area contributed by atoms with Gasteiger partial charge in [-0.05, 0) is 67.8 Å². The maximum atomic E-state index is 12.8. The Bertz CT molecular complexity index is 1320. The third-order valence-corrected chi connectivity index (χ3v) is 7.99. The summed E-state index contributed by atoms with van der Waals surface area (Å²) in [6.45, 7) is 2.87. The minimum absolute atomic E-state index is 0.0799. The largest absolute Gasteiger partial charge is 0.493 e. The van der Waals surface area contributed by atoms with Crippen molar-refractivity contribution in [2.45, 2.75) is 24.8 Å². The van der Waals surface area contributed by atoms with Crippen molar-refractivity contribution in [3.8, 4) is 34.3 Å². The number of nitrogens with zero attached hydrogens (tertiary/aromatic N) is 3. The molecule has 4 atom stereocenters. The van der Waals surface area contributed by atoms with E-state index in [1.165, 1.54) is 5.69 Å². The van der Waals surface area contributed by atoms with Crippen LogP contribution in [0, 0.1) is 5.92 Å². The van der Waals surface area contributed by atoms with Crippen LogP contribution in [0.2, 0.25) is 0 Å². The lowest BCUT2D eigenvalue weighted by atomic mass is 9.74. The molecule has 0 saturated carbocycles. The highest BCUT2D eigenvalue weighted by molar-refractivity contribution is 5.95. The third kappa shape index (κ3) is 4.37. The number of hydrogen-bond acceptors (Lipinski definition) is 7. The number of aromatic nitrogens is 2. The molecule has 4 aliphatic heterocycles. The molecule has 1 aromatic heterocycles. The van der Waals surface area contributed by atoms with Crippen molar-refractivity contribution in [3.63, 3.8) is 0 Å². The number of ether oxygens (including phenoxy) is 4. The molecule has 9 heteroatoms. The zero-order valence-corrected chi connectivity index (χ0v) is 21.4. The van der Waals surface area contributed by atoms with Crippen molar-refractivity contribution in [1.29, 1.82) is 0 Å². The number of rotatable bonds is 7. The Hall–Kier alpha value is -3.72. The topological polar surface area (TPSA) is 87.1 Å². The molecule has 4 aliphatic rings. The molecular formula is C28H32N4O5. The van der Waals surface area contributed by atoms with Gasteiger partial charge < -0.3 is 24.3 Å². The highest BCUT2D eigenvalue weighted by Gasteiger charge is 2.42. The monoisotopic (exact) mass is 504 g/mol. The Morgan fingerprint density at radius 2 is 1.92 bits per heavy atom. The van der Waals surface area contributed by atoms with E-state index in [2.05, 4.69) is 16.3 Å². The maximum absolute atomic E-state index is 12.8. The van der Waals surface area contributed by atoms with Crippen molar-refractivity contribution < 1.29 is 23.7 Å². The first-order valence-electron chi connectivity index (χ1n) is 12.7. The Labute approximate surface area is 216 Å². The molecular weight excluding hydrogens is 472 g/mol. The van der Waals surface area contributed by atoms with Crippen LogP contribution in [0.5, 0.6) is 23.0 Å². The average molecular weight is 505 g/mol. The summed E-state index contributed by atoms with van der Waals surface area (Å²) in [7, 11) is 5.31. The van der Waals surface area contributed by atoms with E-state index in [9.17, 15) is 4.79 Å². The van der Waals surface area contributed by atoms with Crippen LogP contribution in [0.1, 0.15) is 34.8 Å². The smallest absolute Gasteiger partial charge is 0.251 e. The molecule has 194 valence electrons. The van der Waals surface area contributed by atoms with E-state index in [1.807, 2.05) is 29.9 Å². The summed E-state index contributed by atoms with van der Waals surface area (Å²) in [5, 5.41) is 7.97. The summed E-state index contributed by atoms with van der Waals surface area (Å²) in [4.78, 5) is 15.3. The average Bonchev–Trinajstić information content (AvgIpc) is 3.57. The fourth-order valence-electron chi connectivity index (χ4n) is 6.00. The lowest BCUT2D eigenvalue weighted by molar-refractivity contribution is 0.0280. The molecule has 2 aromatic carbocycles. The Morgan fingerprint density at radius 3 is 2.70 bits per heavy atom. The second-order valence-electron chi connectivity index (χ2n) is 9.97. The van der Waals surface area contributed by atoms with Crippen molar-refractivity contribution >= 4 is 5.91 Å². The van der Waals surface area contributed by atoms with E-state index in [1.54, 1.807) is 32.4 Å². The van der Waals surface area contributed by atoms with E-state index in [0.717, 1.165) is 37.2 Å². The summed E-state index contributed by atoms with van der Waals surface area (Å²) >= 11 is 0. The van der Waals surface area contributed by atoms with Gasteiger partial charge >= 0.3 is 0 Å². The molecule has 0 aliphatic carbocycles. The molecule has 1 amide bonds. The number of amides is 1. The van der Waals surface area contributed by atoms with Crippen LogP contribution in [0.15, 0.2) is 42.5 Å². The standard InChI is InChI=1S/C28H32N4O5/c1-31-23(13-22(30-31)18-4-6-24(34-2)26(11-18)35-3)21-15-32-9-8-17(21)10-20(32)14-29-28(33)19-5-7-25-27(12-19)37-16-36-25/h4-7,11-13,17,20-21H,8-10,14-16H2,1-3H3,(H,29,33)/t17-,20+,21+/m0/s1. The molecule has 7 rings (SSSR count). The second kappa shape index (κ2) is 9.63. The van der Waals surface area contributed by atoms with Gasteiger partial charge in [-0.1, -0.05) is 0 Å². The van der Waals surface area contributed by atoms with Gasteiger partial charge in [-0.15, -0.1) is 0 Å². The van der Waals surface area contributed by atoms with E-state index in [0.29, 0.717) is 53.0 Å². The first-order valence-corrected chi connectivity index (χ1v) is 12.7. The van der Waals surface area contributed by atoms with Crippen molar-refractivity contribution in [3.05, 3.63) is 53.7 Å². The number of carbonyl (C=O) groups is 1. The summed E-state index contributed by atoms with van der Waals surface area (Å²) in [6.07, 6.45) is 2.22. The molecule has 37 heavy (non-hydrogen) atoms. The fourth-order valence-corrected chi connectivity index (χ4v) is 6.00. The lowest BCUT2D eigenvalue weighted by Crippen LogP contribution is -2.56. The van der Waals surface area contributed by atoms with Crippen LogP contribution in [0.4, 0.5) is 0 Å². The Kier molecular flexibility index (Phi) is 6.16. The van der Waals surface area contributed by atoms with Gasteiger partial charge in [0.25, 0.3) is 5.91 Å². The van der Waals surface area contributed by atoms with Crippen molar-refractivity contribution in [1.82, 2.24) is 20.0 Å². The fraction of sp³-hybridized carbons (Fsp3) is 0.429.